The third kappa shape index (κ3) is 4.64. The Bertz CT molecular complexity index is 606. The molecule has 7 heteroatoms. The van der Waals surface area contributed by atoms with Gasteiger partial charge in [0.2, 0.25) is 0 Å². The van der Waals surface area contributed by atoms with Gasteiger partial charge in [0, 0.05) is 22.9 Å². The molecule has 0 saturated heterocycles. The van der Waals surface area contributed by atoms with Gasteiger partial charge in [-0.2, -0.15) is 11.3 Å². The number of thiophene rings is 1. The lowest BCUT2D eigenvalue weighted by molar-refractivity contribution is -0.124. The number of carbonyl (C=O) groups excluding carboxylic acids is 2. The summed E-state index contributed by atoms with van der Waals surface area (Å²) >= 11 is 2.95. The van der Waals surface area contributed by atoms with Crippen LogP contribution in [0.3, 0.4) is 0 Å². The highest BCUT2D eigenvalue weighted by Crippen LogP contribution is 2.25. The van der Waals surface area contributed by atoms with E-state index in [0.29, 0.717) is 12.5 Å². The van der Waals surface area contributed by atoms with Crippen molar-refractivity contribution in [1.82, 2.24) is 10.3 Å². The topological polar surface area (TPSA) is 68.3 Å². The van der Waals surface area contributed by atoms with E-state index >= 15 is 0 Å². The van der Waals surface area contributed by atoms with Crippen molar-refractivity contribution in [3.63, 3.8) is 0 Å². The summed E-state index contributed by atoms with van der Waals surface area (Å²) in [7, 11) is 0. The van der Waals surface area contributed by atoms with E-state index in [4.69, 9.17) is 4.74 Å². The fourth-order valence-electron chi connectivity index (χ4n) is 1.46. The highest BCUT2D eigenvalue weighted by molar-refractivity contribution is 7.14. The van der Waals surface area contributed by atoms with Crippen LogP contribution in [-0.2, 0) is 9.53 Å². The van der Waals surface area contributed by atoms with Crippen LogP contribution in [0, 0.1) is 5.92 Å². The molecule has 2 heterocycles. The van der Waals surface area contributed by atoms with Gasteiger partial charge in [-0.3, -0.25) is 4.79 Å². The third-order valence-corrected chi connectivity index (χ3v) is 4.10. The quantitative estimate of drug-likeness (QED) is 0.830. The fourth-order valence-corrected chi connectivity index (χ4v) is 2.96. The zero-order chi connectivity index (χ0) is 15.2. The van der Waals surface area contributed by atoms with Crippen LogP contribution in [0.25, 0.3) is 10.6 Å². The number of rotatable bonds is 6. The third-order valence-electron chi connectivity index (χ3n) is 2.52. The first-order valence-electron chi connectivity index (χ1n) is 6.48. The number of carbonyl (C=O) groups is 2. The molecule has 2 aromatic heterocycles. The predicted octanol–water partition coefficient (Wildman–Crippen LogP) is 2.80. The Morgan fingerprint density at radius 3 is 2.86 bits per heavy atom. The number of hydrogen-bond acceptors (Lipinski definition) is 6. The van der Waals surface area contributed by atoms with Gasteiger partial charge in [0.1, 0.15) is 5.01 Å². The molecule has 1 N–H and O–H groups in total. The van der Waals surface area contributed by atoms with E-state index in [1.807, 2.05) is 30.7 Å². The van der Waals surface area contributed by atoms with Crippen molar-refractivity contribution in [2.45, 2.75) is 13.8 Å². The Hall–Kier alpha value is -1.73. The normalized spacial score (nSPS) is 10.6. The van der Waals surface area contributed by atoms with Gasteiger partial charge in [0.25, 0.3) is 5.91 Å². The van der Waals surface area contributed by atoms with Crippen LogP contribution in [0.1, 0.15) is 24.3 Å². The summed E-state index contributed by atoms with van der Waals surface area (Å²) in [6, 6.07) is 1.94. The molecule has 2 rings (SSSR count). The molecular formula is C14H16N2O3S2. The summed E-state index contributed by atoms with van der Waals surface area (Å²) in [5.41, 5.74) is 1.22. The fraction of sp³-hybridized carbons (Fsp3) is 0.357. The Labute approximate surface area is 131 Å². The molecule has 0 aliphatic carbocycles. The second kappa shape index (κ2) is 7.33. The molecular weight excluding hydrogens is 308 g/mol. The summed E-state index contributed by atoms with van der Waals surface area (Å²) in [4.78, 5) is 27.5. The molecule has 0 spiro atoms. The number of thiazole rings is 1. The van der Waals surface area contributed by atoms with E-state index in [1.54, 1.807) is 16.7 Å². The monoisotopic (exact) mass is 324 g/mol. The molecule has 2 aromatic rings. The van der Waals surface area contributed by atoms with Gasteiger partial charge < -0.3 is 10.1 Å². The number of nitrogens with zero attached hydrogens (tertiary/aromatic N) is 1. The van der Waals surface area contributed by atoms with E-state index in [9.17, 15) is 9.59 Å². The largest absolute Gasteiger partial charge is 0.451 e. The zero-order valence-electron chi connectivity index (χ0n) is 11.8. The van der Waals surface area contributed by atoms with Gasteiger partial charge in [-0.15, -0.1) is 11.3 Å². The second-order valence-electron chi connectivity index (χ2n) is 4.82. The first-order chi connectivity index (χ1) is 10.1. The van der Waals surface area contributed by atoms with Crippen LogP contribution in [0.5, 0.6) is 0 Å². The molecule has 0 unspecified atom stereocenters. The summed E-state index contributed by atoms with van der Waals surface area (Å²) in [5, 5.41) is 9.01. The zero-order valence-corrected chi connectivity index (χ0v) is 13.4. The van der Waals surface area contributed by atoms with Gasteiger partial charge in [-0.1, -0.05) is 13.8 Å². The molecule has 0 saturated carbocycles. The smallest absolute Gasteiger partial charge is 0.358 e. The first kappa shape index (κ1) is 15.7. The standard InChI is InChI=1S/C14H16N2O3S2/c1-9(2)5-15-12(17)6-19-14(18)11-8-21-13(16-11)10-3-4-20-7-10/h3-4,7-9H,5-6H2,1-2H3,(H,15,17). The van der Waals surface area contributed by atoms with Crippen LogP contribution in [0.2, 0.25) is 0 Å². The lowest BCUT2D eigenvalue weighted by Crippen LogP contribution is -2.31. The second-order valence-corrected chi connectivity index (χ2v) is 6.46. The van der Waals surface area contributed by atoms with Crippen molar-refractivity contribution in [3.05, 3.63) is 27.9 Å². The van der Waals surface area contributed by atoms with Crippen LogP contribution < -0.4 is 5.32 Å². The van der Waals surface area contributed by atoms with Gasteiger partial charge in [0.15, 0.2) is 12.3 Å². The molecule has 0 radical (unpaired) electrons. The van der Waals surface area contributed by atoms with Crippen LogP contribution in [0.4, 0.5) is 0 Å². The van der Waals surface area contributed by atoms with Crippen molar-refractivity contribution >= 4 is 34.6 Å². The van der Waals surface area contributed by atoms with E-state index in [2.05, 4.69) is 10.3 Å². The number of nitrogens with one attached hydrogen (secondary N) is 1. The van der Waals surface area contributed by atoms with E-state index in [0.717, 1.165) is 10.6 Å². The maximum absolute atomic E-state index is 11.8. The van der Waals surface area contributed by atoms with Gasteiger partial charge >= 0.3 is 5.97 Å². The highest BCUT2D eigenvalue weighted by atomic mass is 32.1. The number of amides is 1. The molecule has 21 heavy (non-hydrogen) atoms. The van der Waals surface area contributed by atoms with Crippen molar-refractivity contribution in [2.75, 3.05) is 13.2 Å². The summed E-state index contributed by atoms with van der Waals surface area (Å²) in [6.07, 6.45) is 0. The predicted molar refractivity (Wildman–Crippen MR) is 83.6 cm³/mol. The van der Waals surface area contributed by atoms with Gasteiger partial charge in [0.05, 0.1) is 0 Å². The van der Waals surface area contributed by atoms with Crippen LogP contribution >= 0.6 is 22.7 Å². The van der Waals surface area contributed by atoms with E-state index in [-0.39, 0.29) is 18.2 Å². The summed E-state index contributed by atoms with van der Waals surface area (Å²) < 4.78 is 4.95. The van der Waals surface area contributed by atoms with E-state index in [1.165, 1.54) is 11.3 Å². The number of ether oxygens (including phenoxy) is 1. The molecule has 0 aromatic carbocycles. The van der Waals surface area contributed by atoms with Crippen molar-refractivity contribution in [1.29, 1.82) is 0 Å². The summed E-state index contributed by atoms with van der Waals surface area (Å²) in [6.45, 7) is 4.27. The molecule has 0 aliphatic rings. The maximum atomic E-state index is 11.8. The average Bonchev–Trinajstić information content (AvgIpc) is 3.11. The molecule has 5 nitrogen and oxygen atoms in total. The Kier molecular flexibility index (Phi) is 5.46. The lowest BCUT2D eigenvalue weighted by atomic mass is 10.2. The average molecular weight is 324 g/mol. The first-order valence-corrected chi connectivity index (χ1v) is 8.30. The highest BCUT2D eigenvalue weighted by Gasteiger charge is 2.15. The van der Waals surface area contributed by atoms with E-state index < -0.39 is 5.97 Å². The minimum Gasteiger partial charge on any atom is -0.451 e. The molecule has 0 fully saturated rings. The number of aromatic nitrogens is 1. The molecule has 1 amide bonds. The van der Waals surface area contributed by atoms with Gasteiger partial charge in [-0.05, 0) is 17.4 Å². The lowest BCUT2D eigenvalue weighted by Gasteiger charge is -2.07. The van der Waals surface area contributed by atoms with Crippen molar-refractivity contribution < 1.29 is 14.3 Å². The summed E-state index contributed by atoms with van der Waals surface area (Å²) in [5.74, 6) is -0.519. The molecule has 112 valence electrons. The van der Waals surface area contributed by atoms with Crippen LogP contribution in [0.15, 0.2) is 22.2 Å². The minimum atomic E-state index is -0.576. The van der Waals surface area contributed by atoms with Gasteiger partial charge in [-0.25, -0.2) is 9.78 Å². The minimum absolute atomic E-state index is 0.234. The van der Waals surface area contributed by atoms with Crippen LogP contribution in [-0.4, -0.2) is 30.0 Å². The molecule has 0 bridgehead atoms. The number of hydrogen-bond donors (Lipinski definition) is 1. The molecule has 0 atom stereocenters. The van der Waals surface area contributed by atoms with Crippen molar-refractivity contribution in [3.8, 4) is 10.6 Å². The Balaban J connectivity index is 1.85. The SMILES string of the molecule is CC(C)CNC(=O)COC(=O)c1csc(-c2ccsc2)n1. The number of esters is 1. The Morgan fingerprint density at radius 2 is 2.19 bits per heavy atom. The molecule has 0 aliphatic heterocycles. The Morgan fingerprint density at radius 1 is 1.38 bits per heavy atom. The maximum Gasteiger partial charge on any atom is 0.358 e. The van der Waals surface area contributed by atoms with Crippen molar-refractivity contribution in [2.24, 2.45) is 5.92 Å².